The summed E-state index contributed by atoms with van der Waals surface area (Å²) >= 11 is 0. The van der Waals surface area contributed by atoms with Gasteiger partial charge in [-0.05, 0) is 0 Å². The Morgan fingerprint density at radius 3 is 0.571 bits per heavy atom. The maximum Gasteiger partial charge on any atom is 1.00 e. The van der Waals surface area contributed by atoms with E-state index in [9.17, 15) is 0 Å². The molecule has 38 valence electrons. The summed E-state index contributed by atoms with van der Waals surface area (Å²) in [6.45, 7) is 0. The van der Waals surface area contributed by atoms with Crippen LogP contribution in [0.3, 0.4) is 0 Å². The van der Waals surface area contributed by atoms with Gasteiger partial charge in [-0.1, -0.05) is 0 Å². The fourth-order valence-electron chi connectivity index (χ4n) is 0. The summed E-state index contributed by atoms with van der Waals surface area (Å²) in [6.07, 6.45) is 0. The molecule has 0 unspecified atom stereocenters. The van der Waals surface area contributed by atoms with E-state index < -0.39 is 0 Å². The second-order valence-corrected chi connectivity index (χ2v) is 0. The van der Waals surface area contributed by atoms with Crippen molar-refractivity contribution in [2.45, 2.75) is 0 Å². The average molecular weight is 200 g/mol. The molecule has 7 heteroatoms. The molecule has 0 heterocycles. The van der Waals surface area contributed by atoms with Crippen molar-refractivity contribution in [3.8, 4) is 0 Å². The van der Waals surface area contributed by atoms with Gasteiger partial charge in [0.25, 0.3) is 0 Å². The molecular weight excluding hydrogens is 194 g/mol. The summed E-state index contributed by atoms with van der Waals surface area (Å²) in [5, 5.41) is 0. The molecule has 0 aromatic heterocycles. The maximum atomic E-state index is 0. The first-order valence-corrected chi connectivity index (χ1v) is 0. The van der Waals surface area contributed by atoms with E-state index in [1.165, 1.54) is 0 Å². The Morgan fingerprint density at radius 2 is 0.571 bits per heavy atom. The van der Waals surface area contributed by atoms with Crippen molar-refractivity contribution in [2.24, 2.45) is 0 Å². The van der Waals surface area contributed by atoms with Gasteiger partial charge >= 0.3 is 103 Å². The van der Waals surface area contributed by atoms with Crippen LogP contribution in [0.5, 0.6) is 0 Å². The van der Waals surface area contributed by atoms with Crippen molar-refractivity contribution >= 4 is 0 Å². The van der Waals surface area contributed by atoms with Gasteiger partial charge in [0.1, 0.15) is 0 Å². The molecule has 0 aliphatic carbocycles. The van der Waals surface area contributed by atoms with Gasteiger partial charge in [0, 0.05) is 17.4 Å². The van der Waals surface area contributed by atoms with Crippen molar-refractivity contribution in [3.63, 3.8) is 0 Å². The van der Waals surface area contributed by atoms with E-state index in [0.29, 0.717) is 0 Å². The summed E-state index contributed by atoms with van der Waals surface area (Å²) < 4.78 is 0. The molecule has 0 rings (SSSR count). The molecule has 6 N–H and O–H groups in total. The topological polar surface area (TPSA) is 123 Å². The van der Waals surface area contributed by atoms with Crippen molar-refractivity contribution in [2.75, 3.05) is 0 Å². The Kier molecular flexibility index (Phi) is 578. The minimum absolute atomic E-state index is 0. The van der Waals surface area contributed by atoms with Gasteiger partial charge in [0.2, 0.25) is 0 Å². The van der Waals surface area contributed by atoms with Gasteiger partial charge in [0.05, 0.1) is 0 Å². The zero-order valence-corrected chi connectivity index (χ0v) is 11.8. The predicted octanol–water partition coefficient (Wildman–Crippen LogP) is -8.00. The summed E-state index contributed by atoms with van der Waals surface area (Å²) in [6, 6.07) is 0. The van der Waals surface area contributed by atoms with E-state index in [0.717, 1.165) is 0 Å². The molecule has 0 aliphatic heterocycles. The van der Waals surface area contributed by atoms with E-state index in [4.69, 9.17) is 0 Å². The molecule has 7 heavy (non-hydrogen) atoms. The van der Waals surface area contributed by atoms with E-state index in [2.05, 4.69) is 0 Å². The normalized spacial score (nSPS) is 0. The summed E-state index contributed by atoms with van der Waals surface area (Å²) in [7, 11) is 0. The van der Waals surface area contributed by atoms with Gasteiger partial charge in [-0.3, -0.25) is 0 Å². The standard InChI is InChI=1S/Cr.2K.4H2O/h;;;4*1H2/q;2*+1;;;;/p-2. The van der Waals surface area contributed by atoms with Crippen molar-refractivity contribution < 1.29 is 142 Å². The van der Waals surface area contributed by atoms with Crippen LogP contribution in [0.1, 0.15) is 0 Å². The van der Waals surface area contributed by atoms with Gasteiger partial charge in [0.15, 0.2) is 0 Å². The largest absolute Gasteiger partial charge is 1.00 e. The predicted molar refractivity (Wildman–Crippen MR) is 11.1 cm³/mol. The number of hydrogen-bond acceptors (Lipinski definition) is 2. The van der Waals surface area contributed by atoms with Crippen molar-refractivity contribution in [1.82, 2.24) is 0 Å². The fourth-order valence-corrected chi connectivity index (χ4v) is 0. The molecule has 4 nitrogen and oxygen atoms in total. The molecule has 0 spiro atoms. The quantitative estimate of drug-likeness (QED) is 0.360. The number of hydrogen-bond donors (Lipinski definition) is 0. The third-order valence-corrected chi connectivity index (χ3v) is 0. The fraction of sp³-hybridized carbons (Fsp3) is 0. The second-order valence-electron chi connectivity index (χ2n) is 0. The first-order valence-electron chi connectivity index (χ1n) is 0. The first kappa shape index (κ1) is 74.5. The van der Waals surface area contributed by atoms with E-state index >= 15 is 0 Å². The molecule has 0 atom stereocenters. The Bertz CT molecular complexity index is 9.65. The molecule has 0 aromatic rings. The third-order valence-electron chi connectivity index (χ3n) is 0. The SMILES string of the molecule is O.O.[Cr].[K+].[K+].[OH-].[OH-]. The van der Waals surface area contributed by atoms with Crippen molar-refractivity contribution in [3.05, 3.63) is 0 Å². The number of rotatable bonds is 0. The van der Waals surface area contributed by atoms with Crippen molar-refractivity contribution in [1.29, 1.82) is 0 Å². The zero-order chi connectivity index (χ0) is 0. The first-order chi connectivity index (χ1) is 0. The maximum absolute atomic E-state index is 0. The Labute approximate surface area is 138 Å². The molecule has 0 amide bonds. The van der Waals surface area contributed by atoms with Crippen LogP contribution in [0.15, 0.2) is 0 Å². The van der Waals surface area contributed by atoms with Crippen LogP contribution in [0.25, 0.3) is 0 Å². The molecule has 0 radical (unpaired) electrons. The second kappa shape index (κ2) is 54.3. The van der Waals surface area contributed by atoms with E-state index in [1.807, 2.05) is 0 Å². The van der Waals surface area contributed by atoms with Gasteiger partial charge < -0.3 is 21.9 Å². The minimum Gasteiger partial charge on any atom is -0.870 e. The van der Waals surface area contributed by atoms with Crippen LogP contribution in [-0.4, -0.2) is 21.9 Å². The molecule has 0 fully saturated rings. The van der Waals surface area contributed by atoms with Gasteiger partial charge in [-0.15, -0.1) is 0 Å². The molecule has 0 bridgehead atoms. The zero-order valence-electron chi connectivity index (χ0n) is 4.30. The van der Waals surface area contributed by atoms with Crippen LogP contribution in [0.4, 0.5) is 0 Å². The average Bonchev–Trinajstić information content (AvgIpc) is 0. The monoisotopic (exact) mass is 200 g/mol. The van der Waals surface area contributed by atoms with Gasteiger partial charge in [-0.25, -0.2) is 0 Å². The Morgan fingerprint density at radius 1 is 0.571 bits per heavy atom. The molecule has 0 saturated carbocycles. The third kappa shape index (κ3) is 42.4. The van der Waals surface area contributed by atoms with E-state index in [-0.39, 0.29) is 142 Å². The molecule has 0 saturated heterocycles. The Balaban J connectivity index is 0. The van der Waals surface area contributed by atoms with Crippen LogP contribution < -0.4 is 103 Å². The summed E-state index contributed by atoms with van der Waals surface area (Å²) in [5.41, 5.74) is 0. The summed E-state index contributed by atoms with van der Waals surface area (Å²) in [4.78, 5) is 0. The van der Waals surface area contributed by atoms with Crippen LogP contribution >= 0.6 is 0 Å². The van der Waals surface area contributed by atoms with Gasteiger partial charge in [-0.2, -0.15) is 0 Å². The molecule has 0 aromatic carbocycles. The molecule has 0 aliphatic rings. The smallest absolute Gasteiger partial charge is 0.870 e. The van der Waals surface area contributed by atoms with E-state index in [1.54, 1.807) is 0 Å². The minimum atomic E-state index is 0. The Hall–Kier alpha value is 3.65. The van der Waals surface area contributed by atoms with Crippen LogP contribution in [-0.2, 0) is 17.4 Å². The summed E-state index contributed by atoms with van der Waals surface area (Å²) in [5.74, 6) is 0. The van der Waals surface area contributed by atoms with Crippen LogP contribution in [0, 0.1) is 0 Å². The molecular formula is H6CrK2O4. The van der Waals surface area contributed by atoms with Crippen LogP contribution in [0.2, 0.25) is 0 Å².